The number of anilines is 1. The van der Waals surface area contributed by atoms with Crippen molar-refractivity contribution >= 4 is 17.5 Å². The van der Waals surface area contributed by atoms with Crippen LogP contribution in [0.25, 0.3) is 0 Å². The van der Waals surface area contributed by atoms with Crippen LogP contribution in [0, 0.1) is 11.7 Å². The second kappa shape index (κ2) is 10.7. The second-order valence-corrected chi connectivity index (χ2v) is 8.15. The van der Waals surface area contributed by atoms with E-state index in [1.54, 1.807) is 54.7 Å². The van der Waals surface area contributed by atoms with Crippen LogP contribution in [0.2, 0.25) is 0 Å². The first-order valence-corrected chi connectivity index (χ1v) is 11.1. The Morgan fingerprint density at radius 3 is 2.58 bits per heavy atom. The smallest absolute Gasteiger partial charge is 0.251 e. The molecule has 170 valence electrons. The number of aromatic nitrogens is 1. The van der Waals surface area contributed by atoms with Gasteiger partial charge in [-0.15, -0.1) is 0 Å². The lowest BCUT2D eigenvalue weighted by Gasteiger charge is -2.20. The van der Waals surface area contributed by atoms with Crippen LogP contribution in [0.15, 0.2) is 66.9 Å². The van der Waals surface area contributed by atoms with Gasteiger partial charge < -0.3 is 15.4 Å². The molecular weight excluding hydrogens is 421 g/mol. The normalized spacial score (nSPS) is 13.8. The molecule has 6 nitrogen and oxygen atoms in total. The predicted molar refractivity (Wildman–Crippen MR) is 124 cm³/mol. The molecule has 0 bridgehead atoms. The Morgan fingerprint density at radius 1 is 1.00 bits per heavy atom. The highest BCUT2D eigenvalue weighted by atomic mass is 19.1. The molecule has 1 aromatic heterocycles. The van der Waals surface area contributed by atoms with Crippen molar-refractivity contribution in [2.45, 2.75) is 38.6 Å². The maximum Gasteiger partial charge on any atom is 0.251 e. The molecule has 1 heterocycles. The van der Waals surface area contributed by atoms with E-state index in [0.717, 1.165) is 31.2 Å². The van der Waals surface area contributed by atoms with Crippen LogP contribution in [0.5, 0.6) is 11.6 Å². The Morgan fingerprint density at radius 2 is 1.82 bits per heavy atom. The van der Waals surface area contributed by atoms with E-state index in [1.165, 1.54) is 18.6 Å². The molecule has 2 aromatic carbocycles. The monoisotopic (exact) mass is 447 g/mol. The highest BCUT2D eigenvalue weighted by Crippen LogP contribution is 2.25. The molecule has 4 rings (SSSR count). The van der Waals surface area contributed by atoms with E-state index in [4.69, 9.17) is 4.74 Å². The SMILES string of the molecule is O=C(NCc1ccc(Oc2cccc(F)c2)nc1)c1cccc(NC(=O)C2CCCCC2)c1. The average molecular weight is 448 g/mol. The molecule has 2 N–H and O–H groups in total. The minimum Gasteiger partial charge on any atom is -0.439 e. The zero-order valence-corrected chi connectivity index (χ0v) is 18.2. The molecule has 3 aromatic rings. The van der Waals surface area contributed by atoms with E-state index in [1.807, 2.05) is 0 Å². The first-order chi connectivity index (χ1) is 16.1. The van der Waals surface area contributed by atoms with Gasteiger partial charge in [0.25, 0.3) is 5.91 Å². The summed E-state index contributed by atoms with van der Waals surface area (Å²) in [5.74, 6) is 0.139. The van der Waals surface area contributed by atoms with Gasteiger partial charge in [0, 0.05) is 42.0 Å². The molecule has 1 fully saturated rings. The zero-order chi connectivity index (χ0) is 23.0. The summed E-state index contributed by atoms with van der Waals surface area (Å²) >= 11 is 0. The number of ether oxygens (including phenoxy) is 1. The molecule has 0 unspecified atom stereocenters. The maximum absolute atomic E-state index is 13.3. The molecule has 7 heteroatoms. The molecule has 0 saturated heterocycles. The number of carbonyl (C=O) groups is 2. The molecule has 0 spiro atoms. The van der Waals surface area contributed by atoms with Gasteiger partial charge in [-0.3, -0.25) is 9.59 Å². The number of amides is 2. The molecule has 1 saturated carbocycles. The lowest BCUT2D eigenvalue weighted by atomic mass is 9.88. The van der Waals surface area contributed by atoms with Crippen molar-refractivity contribution < 1.29 is 18.7 Å². The Kier molecular flexibility index (Phi) is 7.29. The fourth-order valence-electron chi connectivity index (χ4n) is 3.86. The van der Waals surface area contributed by atoms with Gasteiger partial charge in [-0.1, -0.05) is 37.5 Å². The van der Waals surface area contributed by atoms with Gasteiger partial charge >= 0.3 is 0 Å². The van der Waals surface area contributed by atoms with Crippen molar-refractivity contribution in [3.8, 4) is 11.6 Å². The van der Waals surface area contributed by atoms with E-state index in [9.17, 15) is 14.0 Å². The number of halogens is 1. The van der Waals surface area contributed by atoms with Gasteiger partial charge in [0.1, 0.15) is 11.6 Å². The summed E-state index contributed by atoms with van der Waals surface area (Å²) in [4.78, 5) is 29.3. The number of nitrogens with one attached hydrogen (secondary N) is 2. The predicted octanol–water partition coefficient (Wildman–Crippen LogP) is 5.46. The van der Waals surface area contributed by atoms with Crippen LogP contribution >= 0.6 is 0 Å². The fraction of sp³-hybridized carbons (Fsp3) is 0.269. The van der Waals surface area contributed by atoms with Crippen LogP contribution in [-0.2, 0) is 11.3 Å². The largest absolute Gasteiger partial charge is 0.439 e. The van der Waals surface area contributed by atoms with Crippen molar-refractivity contribution in [2.75, 3.05) is 5.32 Å². The number of carbonyl (C=O) groups excluding carboxylic acids is 2. The number of rotatable bonds is 7. The lowest BCUT2D eigenvalue weighted by molar-refractivity contribution is -0.120. The number of pyridine rings is 1. The van der Waals surface area contributed by atoms with Gasteiger partial charge in [-0.2, -0.15) is 0 Å². The molecule has 0 aliphatic heterocycles. The number of benzene rings is 2. The van der Waals surface area contributed by atoms with Crippen LogP contribution in [-0.4, -0.2) is 16.8 Å². The van der Waals surface area contributed by atoms with E-state index in [-0.39, 0.29) is 30.1 Å². The van der Waals surface area contributed by atoms with E-state index < -0.39 is 0 Å². The molecular formula is C26H26FN3O3. The third kappa shape index (κ3) is 6.38. The third-order valence-electron chi connectivity index (χ3n) is 5.64. The van der Waals surface area contributed by atoms with Gasteiger partial charge in [0.2, 0.25) is 11.8 Å². The molecule has 0 radical (unpaired) electrons. The minimum absolute atomic E-state index is 0.0267. The summed E-state index contributed by atoms with van der Waals surface area (Å²) in [5, 5.41) is 5.80. The fourth-order valence-corrected chi connectivity index (χ4v) is 3.86. The number of nitrogens with zero attached hydrogens (tertiary/aromatic N) is 1. The van der Waals surface area contributed by atoms with E-state index >= 15 is 0 Å². The molecule has 33 heavy (non-hydrogen) atoms. The summed E-state index contributed by atoms with van der Waals surface area (Å²) < 4.78 is 18.8. The molecule has 2 amide bonds. The highest BCUT2D eigenvalue weighted by molar-refractivity contribution is 5.97. The van der Waals surface area contributed by atoms with Crippen LogP contribution in [0.1, 0.15) is 48.0 Å². The Labute approximate surface area is 192 Å². The summed E-state index contributed by atoms with van der Waals surface area (Å²) in [6, 6.07) is 16.2. The van der Waals surface area contributed by atoms with Crippen LogP contribution < -0.4 is 15.4 Å². The average Bonchev–Trinajstić information content (AvgIpc) is 2.84. The van der Waals surface area contributed by atoms with Gasteiger partial charge in [0.05, 0.1) is 0 Å². The Hall–Kier alpha value is -3.74. The first-order valence-electron chi connectivity index (χ1n) is 11.1. The van der Waals surface area contributed by atoms with E-state index in [2.05, 4.69) is 15.6 Å². The lowest BCUT2D eigenvalue weighted by Crippen LogP contribution is -2.25. The Bertz CT molecular complexity index is 1110. The Balaban J connectivity index is 1.30. The van der Waals surface area contributed by atoms with Gasteiger partial charge in [-0.25, -0.2) is 9.37 Å². The van der Waals surface area contributed by atoms with Crippen molar-refractivity contribution in [1.29, 1.82) is 0 Å². The van der Waals surface area contributed by atoms with Crippen molar-refractivity contribution in [1.82, 2.24) is 10.3 Å². The van der Waals surface area contributed by atoms with Crippen LogP contribution in [0.3, 0.4) is 0 Å². The summed E-state index contributed by atoms with van der Waals surface area (Å²) in [7, 11) is 0. The topological polar surface area (TPSA) is 80.3 Å². The second-order valence-electron chi connectivity index (χ2n) is 8.15. The van der Waals surface area contributed by atoms with Crippen molar-refractivity contribution in [3.05, 3.63) is 83.8 Å². The molecule has 0 atom stereocenters. The number of hydrogen-bond acceptors (Lipinski definition) is 4. The van der Waals surface area contributed by atoms with Gasteiger partial charge in [0.15, 0.2) is 0 Å². The molecule has 1 aliphatic rings. The minimum atomic E-state index is -0.385. The van der Waals surface area contributed by atoms with E-state index in [0.29, 0.717) is 22.9 Å². The molecule has 1 aliphatic carbocycles. The van der Waals surface area contributed by atoms with Crippen LogP contribution in [0.4, 0.5) is 10.1 Å². The quantitative estimate of drug-likeness (QED) is 0.504. The summed E-state index contributed by atoms with van der Waals surface area (Å²) in [5.41, 5.74) is 1.88. The number of hydrogen-bond donors (Lipinski definition) is 2. The highest BCUT2D eigenvalue weighted by Gasteiger charge is 2.21. The third-order valence-corrected chi connectivity index (χ3v) is 5.64. The van der Waals surface area contributed by atoms with Crippen molar-refractivity contribution in [3.63, 3.8) is 0 Å². The van der Waals surface area contributed by atoms with Gasteiger partial charge in [-0.05, 0) is 48.7 Å². The van der Waals surface area contributed by atoms with Crippen molar-refractivity contribution in [2.24, 2.45) is 5.92 Å². The summed E-state index contributed by atoms with van der Waals surface area (Å²) in [6.45, 7) is 0.282. The maximum atomic E-state index is 13.3. The standard InChI is InChI=1S/C26H26FN3O3/c27-21-9-5-11-23(15-21)33-24-13-12-18(16-28-24)17-29-25(31)20-8-4-10-22(14-20)30-26(32)19-6-2-1-3-7-19/h4-5,8-16,19H,1-3,6-7,17H2,(H,29,31)(H,30,32). The summed E-state index contributed by atoms with van der Waals surface area (Å²) in [6.07, 6.45) is 6.81. The zero-order valence-electron chi connectivity index (χ0n) is 18.2. The first kappa shape index (κ1) is 22.5.